The Hall–Kier alpha value is -3.20. The van der Waals surface area contributed by atoms with E-state index in [4.69, 9.17) is 25.8 Å². The number of carbonyl (C=O) groups excluding carboxylic acids is 2. The average Bonchev–Trinajstić information content (AvgIpc) is 2.79. The van der Waals surface area contributed by atoms with Crippen LogP contribution >= 0.6 is 11.6 Å². The van der Waals surface area contributed by atoms with Gasteiger partial charge in [-0.2, -0.15) is 0 Å². The molecule has 1 atom stereocenters. The molecule has 0 aliphatic carbocycles. The number of anilines is 1. The van der Waals surface area contributed by atoms with Crippen LogP contribution in [0.4, 0.5) is 14.9 Å². The summed E-state index contributed by atoms with van der Waals surface area (Å²) in [4.78, 5) is 29.2. The number of amides is 2. The lowest BCUT2D eigenvalue weighted by atomic mass is 10.1. The van der Waals surface area contributed by atoms with Crippen molar-refractivity contribution in [3.05, 3.63) is 47.2 Å². The summed E-state index contributed by atoms with van der Waals surface area (Å²) in [5.74, 6) is -0.0881. The van der Waals surface area contributed by atoms with E-state index in [-0.39, 0.29) is 40.9 Å². The van der Waals surface area contributed by atoms with E-state index in [2.05, 4.69) is 0 Å². The SMILES string of the molecule is CC(C)(C)OC(=O)N1CC(C(=O)N2CCC(Oc3ccc(F)cc3)CC2)Oc2cc(O)c(Cl)cc21. The smallest absolute Gasteiger partial charge is 0.415 e. The first-order chi connectivity index (χ1) is 16.5. The Morgan fingerprint density at radius 2 is 1.80 bits per heavy atom. The van der Waals surface area contributed by atoms with Gasteiger partial charge in [0.25, 0.3) is 5.91 Å². The molecule has 35 heavy (non-hydrogen) atoms. The summed E-state index contributed by atoms with van der Waals surface area (Å²) in [6, 6.07) is 8.54. The van der Waals surface area contributed by atoms with Crippen LogP contribution in [-0.4, -0.2) is 59.5 Å². The van der Waals surface area contributed by atoms with Crippen molar-refractivity contribution < 1.29 is 33.3 Å². The number of ether oxygens (including phenoxy) is 3. The van der Waals surface area contributed by atoms with E-state index >= 15 is 0 Å². The second-order valence-corrected chi connectivity index (χ2v) is 9.97. The fraction of sp³-hybridized carbons (Fsp3) is 0.440. The monoisotopic (exact) mass is 506 g/mol. The molecule has 2 aromatic carbocycles. The molecule has 188 valence electrons. The summed E-state index contributed by atoms with van der Waals surface area (Å²) in [6.45, 7) is 6.06. The highest BCUT2D eigenvalue weighted by Crippen LogP contribution is 2.41. The highest BCUT2D eigenvalue weighted by molar-refractivity contribution is 6.32. The molecule has 2 heterocycles. The minimum absolute atomic E-state index is 0.0499. The molecule has 2 amide bonds. The van der Waals surface area contributed by atoms with Crippen LogP contribution in [0, 0.1) is 5.82 Å². The van der Waals surface area contributed by atoms with E-state index in [1.165, 1.54) is 29.2 Å². The van der Waals surface area contributed by atoms with Crippen LogP contribution in [0.15, 0.2) is 36.4 Å². The van der Waals surface area contributed by atoms with Crippen LogP contribution in [0.3, 0.4) is 0 Å². The second kappa shape index (κ2) is 9.81. The van der Waals surface area contributed by atoms with Gasteiger partial charge >= 0.3 is 6.09 Å². The number of rotatable bonds is 3. The number of hydrogen-bond acceptors (Lipinski definition) is 6. The molecule has 0 aromatic heterocycles. The Labute approximate surface area is 208 Å². The highest BCUT2D eigenvalue weighted by atomic mass is 35.5. The first-order valence-electron chi connectivity index (χ1n) is 11.4. The number of aromatic hydroxyl groups is 1. The van der Waals surface area contributed by atoms with Crippen molar-refractivity contribution in [2.75, 3.05) is 24.5 Å². The highest BCUT2D eigenvalue weighted by Gasteiger charge is 2.39. The van der Waals surface area contributed by atoms with Gasteiger partial charge in [0.2, 0.25) is 0 Å². The predicted molar refractivity (Wildman–Crippen MR) is 128 cm³/mol. The molecule has 1 N–H and O–H groups in total. The number of phenolic OH excluding ortho intramolecular Hbond substituents is 1. The van der Waals surface area contributed by atoms with Crippen LogP contribution in [0.2, 0.25) is 5.02 Å². The maximum atomic E-state index is 13.3. The average molecular weight is 507 g/mol. The van der Waals surface area contributed by atoms with Gasteiger partial charge in [-0.15, -0.1) is 0 Å². The standard InChI is InChI=1S/C25H28ClFN2O6/c1-25(2,3)35-24(32)29-14-22(34-21-13-20(30)18(26)12-19(21)29)23(31)28-10-8-17(9-11-28)33-16-6-4-15(27)5-7-16/h4-7,12-13,17,22,30H,8-11,14H2,1-3H3. The van der Waals surface area contributed by atoms with Gasteiger partial charge in [-0.3, -0.25) is 9.69 Å². The Kier molecular flexibility index (Phi) is 6.98. The lowest BCUT2D eigenvalue weighted by molar-refractivity contribution is -0.140. The third-order valence-electron chi connectivity index (χ3n) is 5.70. The predicted octanol–water partition coefficient (Wildman–Crippen LogP) is 4.76. The number of hydrogen-bond donors (Lipinski definition) is 1. The fourth-order valence-corrected chi connectivity index (χ4v) is 4.17. The largest absolute Gasteiger partial charge is 0.506 e. The molecule has 2 aromatic rings. The van der Waals surface area contributed by atoms with E-state index < -0.39 is 17.8 Å². The van der Waals surface area contributed by atoms with Crippen LogP contribution in [0.5, 0.6) is 17.2 Å². The van der Waals surface area contributed by atoms with Gasteiger partial charge in [-0.05, 0) is 51.1 Å². The molecule has 2 aliphatic rings. The molecule has 8 nitrogen and oxygen atoms in total. The van der Waals surface area contributed by atoms with E-state index in [9.17, 15) is 19.1 Å². The number of likely N-dealkylation sites (tertiary alicyclic amines) is 1. The van der Waals surface area contributed by atoms with Crippen molar-refractivity contribution in [3.8, 4) is 17.2 Å². The summed E-state index contributed by atoms with van der Waals surface area (Å²) in [5.41, 5.74) is -0.431. The molecule has 0 bridgehead atoms. The third kappa shape index (κ3) is 5.90. The van der Waals surface area contributed by atoms with Crippen LogP contribution < -0.4 is 14.4 Å². The van der Waals surface area contributed by atoms with Gasteiger partial charge in [-0.25, -0.2) is 9.18 Å². The Balaban J connectivity index is 1.45. The van der Waals surface area contributed by atoms with Crippen LogP contribution in [-0.2, 0) is 9.53 Å². The van der Waals surface area contributed by atoms with Gasteiger partial charge in [0.1, 0.15) is 34.8 Å². The minimum Gasteiger partial charge on any atom is -0.506 e. The molecular formula is C25H28ClFN2O6. The molecule has 0 spiro atoms. The van der Waals surface area contributed by atoms with Gasteiger partial charge in [-0.1, -0.05) is 11.6 Å². The molecule has 10 heteroatoms. The summed E-state index contributed by atoms with van der Waals surface area (Å²) >= 11 is 6.06. The van der Waals surface area contributed by atoms with E-state index in [0.29, 0.717) is 37.4 Å². The number of piperidine rings is 1. The first kappa shape index (κ1) is 24.9. The fourth-order valence-electron chi connectivity index (χ4n) is 4.01. The molecular weight excluding hydrogens is 479 g/mol. The Bertz CT molecular complexity index is 1100. The van der Waals surface area contributed by atoms with Gasteiger partial charge in [0.05, 0.1) is 17.3 Å². The molecule has 0 radical (unpaired) electrons. The minimum atomic E-state index is -0.981. The topological polar surface area (TPSA) is 88.5 Å². The van der Waals surface area contributed by atoms with E-state index in [1.807, 2.05) is 0 Å². The zero-order valence-electron chi connectivity index (χ0n) is 19.8. The molecule has 4 rings (SSSR count). The summed E-state index contributed by atoms with van der Waals surface area (Å²) in [6.07, 6.45) is -0.537. The molecule has 1 unspecified atom stereocenters. The Morgan fingerprint density at radius 3 is 2.43 bits per heavy atom. The summed E-state index contributed by atoms with van der Waals surface area (Å²) in [7, 11) is 0. The van der Waals surface area contributed by atoms with Gasteiger partial charge in [0, 0.05) is 32.0 Å². The van der Waals surface area contributed by atoms with Crippen LogP contribution in [0.1, 0.15) is 33.6 Å². The molecule has 2 aliphatic heterocycles. The summed E-state index contributed by atoms with van der Waals surface area (Å²) in [5, 5.41) is 10.1. The number of nitrogens with zero attached hydrogens (tertiary/aromatic N) is 2. The van der Waals surface area contributed by atoms with E-state index in [0.717, 1.165) is 0 Å². The van der Waals surface area contributed by atoms with Gasteiger partial charge < -0.3 is 24.2 Å². The molecule has 0 saturated carbocycles. The number of carbonyl (C=O) groups is 2. The van der Waals surface area contributed by atoms with Crippen molar-refractivity contribution in [1.29, 1.82) is 0 Å². The lowest BCUT2D eigenvalue weighted by Crippen LogP contribution is -2.54. The normalized spacial score (nSPS) is 18.5. The molecule has 1 fully saturated rings. The molecule has 1 saturated heterocycles. The van der Waals surface area contributed by atoms with Gasteiger partial charge in [0.15, 0.2) is 6.10 Å². The third-order valence-corrected chi connectivity index (χ3v) is 6.00. The second-order valence-electron chi connectivity index (χ2n) is 9.57. The lowest BCUT2D eigenvalue weighted by Gasteiger charge is -2.38. The van der Waals surface area contributed by atoms with Crippen molar-refractivity contribution in [2.24, 2.45) is 0 Å². The van der Waals surface area contributed by atoms with Crippen molar-refractivity contribution >= 4 is 29.3 Å². The number of benzene rings is 2. The van der Waals surface area contributed by atoms with Crippen molar-refractivity contribution in [2.45, 2.75) is 51.4 Å². The summed E-state index contributed by atoms with van der Waals surface area (Å²) < 4.78 is 30.4. The number of halogens is 2. The Morgan fingerprint density at radius 1 is 1.14 bits per heavy atom. The van der Waals surface area contributed by atoms with Crippen molar-refractivity contribution in [3.63, 3.8) is 0 Å². The first-order valence-corrected chi connectivity index (χ1v) is 11.8. The van der Waals surface area contributed by atoms with Crippen LogP contribution in [0.25, 0.3) is 0 Å². The zero-order chi connectivity index (χ0) is 25.3. The van der Waals surface area contributed by atoms with E-state index in [1.54, 1.807) is 37.8 Å². The number of fused-ring (bicyclic) bond motifs is 1. The van der Waals surface area contributed by atoms with Crippen molar-refractivity contribution in [1.82, 2.24) is 4.90 Å². The maximum absolute atomic E-state index is 13.3. The quantitative estimate of drug-likeness (QED) is 0.646. The zero-order valence-corrected chi connectivity index (χ0v) is 20.5. The number of phenols is 1. The maximum Gasteiger partial charge on any atom is 0.415 e.